The topological polar surface area (TPSA) is 53.1 Å². The smallest absolute Gasteiger partial charge is 0.133 e. The molecule has 0 saturated heterocycles. The standard InChI is InChI=1S/C15H20BrN3O/c1-4-8-19-13(5-2)18-14(15(19)17)10-6-7-12(20-3)11(16)9-10/h6-7,9H,4-5,8,17H2,1-3H3. The number of hydrogen-bond acceptors (Lipinski definition) is 3. The van der Waals surface area contributed by atoms with Crippen LogP contribution in [-0.4, -0.2) is 16.7 Å². The van der Waals surface area contributed by atoms with Crippen LogP contribution in [0, 0.1) is 0 Å². The van der Waals surface area contributed by atoms with Gasteiger partial charge in [-0.1, -0.05) is 13.8 Å². The molecule has 20 heavy (non-hydrogen) atoms. The number of nitrogens with two attached hydrogens (primary N) is 1. The number of nitrogen functional groups attached to an aromatic ring is 1. The molecule has 0 atom stereocenters. The van der Waals surface area contributed by atoms with Crippen molar-refractivity contribution < 1.29 is 4.74 Å². The molecule has 2 aromatic rings. The summed E-state index contributed by atoms with van der Waals surface area (Å²) in [6, 6.07) is 5.90. The number of halogens is 1. The van der Waals surface area contributed by atoms with E-state index < -0.39 is 0 Å². The number of ether oxygens (including phenoxy) is 1. The number of rotatable bonds is 5. The van der Waals surface area contributed by atoms with Crippen molar-refractivity contribution in [3.05, 3.63) is 28.5 Å². The second kappa shape index (κ2) is 6.31. The lowest BCUT2D eigenvalue weighted by atomic mass is 10.1. The molecular formula is C15H20BrN3O. The van der Waals surface area contributed by atoms with Crippen LogP contribution in [0.2, 0.25) is 0 Å². The van der Waals surface area contributed by atoms with Crippen LogP contribution in [0.4, 0.5) is 5.82 Å². The van der Waals surface area contributed by atoms with Gasteiger partial charge in [0.1, 0.15) is 23.1 Å². The molecular weight excluding hydrogens is 318 g/mol. The average Bonchev–Trinajstić information content (AvgIpc) is 2.76. The molecule has 0 aliphatic carbocycles. The van der Waals surface area contributed by atoms with E-state index in [9.17, 15) is 0 Å². The molecule has 4 nitrogen and oxygen atoms in total. The molecule has 1 aromatic heterocycles. The Labute approximate surface area is 128 Å². The van der Waals surface area contributed by atoms with E-state index in [0.717, 1.165) is 52.5 Å². The summed E-state index contributed by atoms with van der Waals surface area (Å²) < 4.78 is 8.26. The van der Waals surface area contributed by atoms with Crippen LogP contribution >= 0.6 is 15.9 Å². The Morgan fingerprint density at radius 1 is 1.35 bits per heavy atom. The van der Waals surface area contributed by atoms with Crippen molar-refractivity contribution in [2.24, 2.45) is 0 Å². The zero-order valence-corrected chi connectivity index (χ0v) is 13.7. The van der Waals surface area contributed by atoms with Crippen molar-refractivity contribution in [3.8, 4) is 17.0 Å². The fraction of sp³-hybridized carbons (Fsp3) is 0.400. The normalized spacial score (nSPS) is 10.8. The van der Waals surface area contributed by atoms with Crippen LogP contribution < -0.4 is 10.5 Å². The van der Waals surface area contributed by atoms with Gasteiger partial charge in [0.15, 0.2) is 0 Å². The van der Waals surface area contributed by atoms with E-state index >= 15 is 0 Å². The Bertz CT molecular complexity index is 607. The lowest BCUT2D eigenvalue weighted by Gasteiger charge is -2.07. The predicted octanol–water partition coefficient (Wildman–Crippen LogP) is 3.88. The number of nitrogens with zero attached hydrogens (tertiary/aromatic N) is 2. The first-order valence-electron chi connectivity index (χ1n) is 6.81. The van der Waals surface area contributed by atoms with Crippen molar-refractivity contribution in [2.45, 2.75) is 33.2 Å². The van der Waals surface area contributed by atoms with Gasteiger partial charge in [0, 0.05) is 18.5 Å². The second-order valence-corrected chi connectivity index (χ2v) is 5.47. The third kappa shape index (κ3) is 2.68. The highest BCUT2D eigenvalue weighted by atomic mass is 79.9. The molecule has 2 N–H and O–H groups in total. The van der Waals surface area contributed by atoms with Crippen LogP contribution in [0.3, 0.4) is 0 Å². The Morgan fingerprint density at radius 3 is 2.65 bits per heavy atom. The Hall–Kier alpha value is -1.49. The summed E-state index contributed by atoms with van der Waals surface area (Å²) in [7, 11) is 1.65. The molecule has 1 aromatic carbocycles. The minimum Gasteiger partial charge on any atom is -0.496 e. The van der Waals surface area contributed by atoms with E-state index in [4.69, 9.17) is 15.5 Å². The molecule has 5 heteroatoms. The highest BCUT2D eigenvalue weighted by molar-refractivity contribution is 9.10. The summed E-state index contributed by atoms with van der Waals surface area (Å²) in [5.74, 6) is 2.57. The lowest BCUT2D eigenvalue weighted by Crippen LogP contribution is -2.06. The number of aromatic nitrogens is 2. The summed E-state index contributed by atoms with van der Waals surface area (Å²) >= 11 is 3.50. The molecule has 0 radical (unpaired) electrons. The van der Waals surface area contributed by atoms with Crippen molar-refractivity contribution in [3.63, 3.8) is 0 Å². The monoisotopic (exact) mass is 337 g/mol. The maximum Gasteiger partial charge on any atom is 0.133 e. The van der Waals surface area contributed by atoms with Crippen LogP contribution in [0.15, 0.2) is 22.7 Å². The first-order valence-corrected chi connectivity index (χ1v) is 7.60. The van der Waals surface area contributed by atoms with E-state index in [1.165, 1.54) is 0 Å². The summed E-state index contributed by atoms with van der Waals surface area (Å²) in [4.78, 5) is 4.69. The van der Waals surface area contributed by atoms with Crippen LogP contribution in [0.1, 0.15) is 26.1 Å². The van der Waals surface area contributed by atoms with E-state index in [0.29, 0.717) is 0 Å². The van der Waals surface area contributed by atoms with Gasteiger partial charge >= 0.3 is 0 Å². The van der Waals surface area contributed by atoms with Crippen molar-refractivity contribution in [1.29, 1.82) is 0 Å². The number of hydrogen-bond donors (Lipinski definition) is 1. The maximum atomic E-state index is 6.27. The molecule has 1 heterocycles. The number of aryl methyl sites for hydroxylation is 1. The zero-order chi connectivity index (χ0) is 14.7. The molecule has 2 rings (SSSR count). The van der Waals surface area contributed by atoms with Gasteiger partial charge in [-0.25, -0.2) is 4.98 Å². The highest BCUT2D eigenvalue weighted by Crippen LogP contribution is 2.33. The highest BCUT2D eigenvalue weighted by Gasteiger charge is 2.15. The average molecular weight is 338 g/mol. The molecule has 0 aliphatic heterocycles. The SMILES string of the molecule is CCCn1c(CC)nc(-c2ccc(OC)c(Br)c2)c1N. The van der Waals surface area contributed by atoms with Gasteiger partial charge in [-0.15, -0.1) is 0 Å². The number of imidazole rings is 1. The molecule has 0 unspecified atom stereocenters. The minimum absolute atomic E-state index is 0.737. The van der Waals surface area contributed by atoms with Gasteiger partial charge in [0.2, 0.25) is 0 Å². The summed E-state index contributed by atoms with van der Waals surface area (Å²) in [5, 5.41) is 0. The van der Waals surface area contributed by atoms with Crippen LogP contribution in [0.5, 0.6) is 5.75 Å². The summed E-state index contributed by atoms with van der Waals surface area (Å²) in [6.07, 6.45) is 1.92. The van der Waals surface area contributed by atoms with Gasteiger partial charge in [0.25, 0.3) is 0 Å². The minimum atomic E-state index is 0.737. The van der Waals surface area contributed by atoms with E-state index in [1.807, 2.05) is 18.2 Å². The summed E-state index contributed by atoms with van der Waals surface area (Å²) in [6.45, 7) is 5.14. The van der Waals surface area contributed by atoms with E-state index in [1.54, 1.807) is 7.11 Å². The number of benzene rings is 1. The summed E-state index contributed by atoms with van der Waals surface area (Å²) in [5.41, 5.74) is 8.12. The number of anilines is 1. The van der Waals surface area contributed by atoms with Crippen molar-refractivity contribution in [1.82, 2.24) is 9.55 Å². The number of methoxy groups -OCH3 is 1. The van der Waals surface area contributed by atoms with Gasteiger partial charge in [-0.3, -0.25) is 0 Å². The largest absolute Gasteiger partial charge is 0.496 e. The quantitative estimate of drug-likeness (QED) is 0.900. The third-order valence-electron chi connectivity index (χ3n) is 3.27. The maximum absolute atomic E-state index is 6.27. The third-order valence-corrected chi connectivity index (χ3v) is 3.89. The van der Waals surface area contributed by atoms with Gasteiger partial charge in [-0.05, 0) is 40.5 Å². The zero-order valence-electron chi connectivity index (χ0n) is 12.1. The van der Waals surface area contributed by atoms with Gasteiger partial charge in [0.05, 0.1) is 11.6 Å². The Kier molecular flexibility index (Phi) is 4.70. The van der Waals surface area contributed by atoms with Crippen molar-refractivity contribution in [2.75, 3.05) is 12.8 Å². The van der Waals surface area contributed by atoms with E-state index in [2.05, 4.69) is 34.3 Å². The molecule has 0 aliphatic rings. The van der Waals surface area contributed by atoms with Crippen LogP contribution in [0.25, 0.3) is 11.3 Å². The first-order chi connectivity index (χ1) is 9.62. The molecule has 0 fully saturated rings. The molecule has 108 valence electrons. The molecule has 0 bridgehead atoms. The van der Waals surface area contributed by atoms with Gasteiger partial charge < -0.3 is 15.0 Å². The first kappa shape index (κ1) is 14.9. The Morgan fingerprint density at radius 2 is 2.10 bits per heavy atom. The fourth-order valence-electron chi connectivity index (χ4n) is 2.28. The van der Waals surface area contributed by atoms with Crippen LogP contribution in [-0.2, 0) is 13.0 Å². The fourth-order valence-corrected chi connectivity index (χ4v) is 2.82. The molecule has 0 saturated carbocycles. The second-order valence-electron chi connectivity index (χ2n) is 4.62. The van der Waals surface area contributed by atoms with Crippen molar-refractivity contribution >= 4 is 21.7 Å². The predicted molar refractivity (Wildman–Crippen MR) is 86.0 cm³/mol. The van der Waals surface area contributed by atoms with Gasteiger partial charge in [-0.2, -0.15) is 0 Å². The Balaban J connectivity index is 2.50. The molecule has 0 spiro atoms. The van der Waals surface area contributed by atoms with E-state index in [-0.39, 0.29) is 0 Å². The lowest BCUT2D eigenvalue weighted by molar-refractivity contribution is 0.412. The molecule has 0 amide bonds.